The van der Waals surface area contributed by atoms with Crippen LogP contribution in [-0.4, -0.2) is 37.5 Å². The average molecular weight is 288 g/mol. The molecule has 0 unspecified atom stereocenters. The van der Waals surface area contributed by atoms with E-state index in [1.54, 1.807) is 0 Å². The highest BCUT2D eigenvalue weighted by Crippen LogP contribution is 2.10. The van der Waals surface area contributed by atoms with Crippen molar-refractivity contribution >= 4 is 5.97 Å². The van der Waals surface area contributed by atoms with E-state index in [0.717, 1.165) is 12.8 Å². The second kappa shape index (κ2) is 16.4. The first-order chi connectivity index (χ1) is 9.81. The van der Waals surface area contributed by atoms with E-state index in [4.69, 9.17) is 14.6 Å². The van der Waals surface area contributed by atoms with Gasteiger partial charge in [0.05, 0.1) is 19.8 Å². The summed E-state index contributed by atoms with van der Waals surface area (Å²) in [4.78, 5) is 11.4. The van der Waals surface area contributed by atoms with Gasteiger partial charge in [-0.1, -0.05) is 58.3 Å². The fraction of sp³-hybridized carbons (Fsp3) is 0.938. The molecule has 0 saturated heterocycles. The molecule has 4 heteroatoms. The molecule has 0 spiro atoms. The highest BCUT2D eigenvalue weighted by Gasteiger charge is 2.02. The largest absolute Gasteiger partial charge is 0.463 e. The van der Waals surface area contributed by atoms with Crippen LogP contribution in [0.3, 0.4) is 0 Å². The highest BCUT2D eigenvalue weighted by molar-refractivity contribution is 5.69. The third-order valence-electron chi connectivity index (χ3n) is 3.21. The summed E-state index contributed by atoms with van der Waals surface area (Å²) in [6.45, 7) is 3.19. The Balaban J connectivity index is 3.11. The first kappa shape index (κ1) is 19.4. The number of unbranched alkanes of at least 4 members (excludes halogenated alkanes) is 8. The molecule has 0 aromatic carbocycles. The van der Waals surface area contributed by atoms with E-state index in [1.165, 1.54) is 44.9 Å². The third-order valence-corrected chi connectivity index (χ3v) is 3.21. The van der Waals surface area contributed by atoms with Crippen molar-refractivity contribution in [1.82, 2.24) is 0 Å². The number of ether oxygens (including phenoxy) is 2. The zero-order chi connectivity index (χ0) is 14.9. The molecule has 0 aliphatic rings. The first-order valence-electron chi connectivity index (χ1n) is 8.15. The number of hydrogen-bond acceptors (Lipinski definition) is 4. The molecule has 0 amide bonds. The van der Waals surface area contributed by atoms with E-state index in [0.29, 0.717) is 19.6 Å². The lowest BCUT2D eigenvalue weighted by atomic mass is 10.1. The maximum Gasteiger partial charge on any atom is 0.305 e. The van der Waals surface area contributed by atoms with E-state index in [9.17, 15) is 4.79 Å². The van der Waals surface area contributed by atoms with Gasteiger partial charge in [0, 0.05) is 6.42 Å². The van der Waals surface area contributed by atoms with Crippen molar-refractivity contribution in [2.75, 3.05) is 26.4 Å². The Kier molecular flexibility index (Phi) is 15.9. The van der Waals surface area contributed by atoms with E-state index in [1.807, 2.05) is 0 Å². The van der Waals surface area contributed by atoms with Crippen LogP contribution in [0, 0.1) is 0 Å². The van der Waals surface area contributed by atoms with Crippen LogP contribution in [0.4, 0.5) is 0 Å². The summed E-state index contributed by atoms with van der Waals surface area (Å²) in [7, 11) is 0. The summed E-state index contributed by atoms with van der Waals surface area (Å²) in [6, 6.07) is 0. The van der Waals surface area contributed by atoms with E-state index < -0.39 is 0 Å². The number of carbonyl (C=O) groups excluding carboxylic acids is 1. The minimum absolute atomic E-state index is 0.00634. The summed E-state index contributed by atoms with van der Waals surface area (Å²) < 4.78 is 10.0. The lowest BCUT2D eigenvalue weighted by Crippen LogP contribution is -2.11. The Morgan fingerprint density at radius 1 is 0.850 bits per heavy atom. The average Bonchev–Trinajstić information content (AvgIpc) is 2.45. The predicted molar refractivity (Wildman–Crippen MR) is 80.7 cm³/mol. The van der Waals surface area contributed by atoms with E-state index in [-0.39, 0.29) is 19.2 Å². The van der Waals surface area contributed by atoms with Gasteiger partial charge in [0.1, 0.15) is 6.61 Å². The first-order valence-corrected chi connectivity index (χ1v) is 8.15. The third kappa shape index (κ3) is 15.4. The maximum absolute atomic E-state index is 11.4. The van der Waals surface area contributed by atoms with Crippen LogP contribution in [0.5, 0.6) is 0 Å². The molecule has 0 rings (SSSR count). The van der Waals surface area contributed by atoms with Gasteiger partial charge in [-0.05, 0) is 6.42 Å². The summed E-state index contributed by atoms with van der Waals surface area (Å²) in [6.07, 6.45) is 11.7. The second-order valence-corrected chi connectivity index (χ2v) is 5.13. The molecule has 0 aliphatic carbocycles. The Morgan fingerprint density at radius 3 is 2.05 bits per heavy atom. The zero-order valence-electron chi connectivity index (χ0n) is 13.1. The molecule has 120 valence electrons. The maximum atomic E-state index is 11.4. The fourth-order valence-corrected chi connectivity index (χ4v) is 2.03. The lowest BCUT2D eigenvalue weighted by Gasteiger charge is -2.05. The number of hydrogen-bond donors (Lipinski definition) is 1. The minimum atomic E-state index is -0.138. The summed E-state index contributed by atoms with van der Waals surface area (Å²) in [5.74, 6) is -0.138. The molecule has 4 nitrogen and oxygen atoms in total. The number of esters is 1. The van der Waals surface area contributed by atoms with Crippen LogP contribution < -0.4 is 0 Å². The summed E-state index contributed by atoms with van der Waals surface area (Å²) >= 11 is 0. The topological polar surface area (TPSA) is 55.8 Å². The van der Waals surface area contributed by atoms with Crippen LogP contribution in [0.25, 0.3) is 0 Å². The van der Waals surface area contributed by atoms with Gasteiger partial charge < -0.3 is 14.6 Å². The van der Waals surface area contributed by atoms with Crippen molar-refractivity contribution in [3.8, 4) is 0 Å². The van der Waals surface area contributed by atoms with Gasteiger partial charge in [-0.3, -0.25) is 4.79 Å². The molecule has 1 N–H and O–H groups in total. The highest BCUT2D eigenvalue weighted by atomic mass is 16.6. The van der Waals surface area contributed by atoms with Gasteiger partial charge in [0.25, 0.3) is 0 Å². The van der Waals surface area contributed by atoms with Gasteiger partial charge in [-0.15, -0.1) is 0 Å². The van der Waals surface area contributed by atoms with Crippen LogP contribution in [0.15, 0.2) is 0 Å². The number of aliphatic hydroxyl groups is 1. The predicted octanol–water partition coefficient (Wildman–Crippen LogP) is 3.46. The summed E-state index contributed by atoms with van der Waals surface area (Å²) in [5, 5.41) is 8.49. The van der Waals surface area contributed by atoms with Gasteiger partial charge in [0.2, 0.25) is 0 Å². The van der Waals surface area contributed by atoms with Gasteiger partial charge in [-0.25, -0.2) is 0 Å². The number of aliphatic hydroxyl groups excluding tert-OH is 1. The van der Waals surface area contributed by atoms with Crippen molar-refractivity contribution in [2.45, 2.75) is 71.1 Å². The molecule has 0 aliphatic heterocycles. The zero-order valence-corrected chi connectivity index (χ0v) is 13.1. The standard InChI is InChI=1S/C16H32O4/c1-2-3-4-5-6-7-8-9-10-11-16(18)20-15-14-19-13-12-17/h17H,2-15H2,1H3. The van der Waals surface area contributed by atoms with Gasteiger partial charge in [-0.2, -0.15) is 0 Å². The smallest absolute Gasteiger partial charge is 0.305 e. The minimum Gasteiger partial charge on any atom is -0.463 e. The fourth-order valence-electron chi connectivity index (χ4n) is 2.03. The molecular formula is C16H32O4. The van der Waals surface area contributed by atoms with Crippen molar-refractivity contribution in [3.63, 3.8) is 0 Å². The molecule has 0 atom stereocenters. The van der Waals surface area contributed by atoms with Crippen molar-refractivity contribution in [1.29, 1.82) is 0 Å². The van der Waals surface area contributed by atoms with E-state index in [2.05, 4.69) is 6.92 Å². The van der Waals surface area contributed by atoms with Gasteiger partial charge >= 0.3 is 5.97 Å². The number of carbonyl (C=O) groups is 1. The molecule has 0 heterocycles. The Bertz CT molecular complexity index is 207. The van der Waals surface area contributed by atoms with Crippen molar-refractivity contribution in [3.05, 3.63) is 0 Å². The molecule has 0 aromatic rings. The second-order valence-electron chi connectivity index (χ2n) is 5.13. The van der Waals surface area contributed by atoms with Crippen LogP contribution >= 0.6 is 0 Å². The summed E-state index contributed by atoms with van der Waals surface area (Å²) in [5.41, 5.74) is 0. The van der Waals surface area contributed by atoms with Crippen molar-refractivity contribution in [2.24, 2.45) is 0 Å². The van der Waals surface area contributed by atoms with Crippen LogP contribution in [0.2, 0.25) is 0 Å². The molecule has 20 heavy (non-hydrogen) atoms. The molecule has 0 aromatic heterocycles. The molecule has 0 radical (unpaired) electrons. The molecule has 0 saturated carbocycles. The Morgan fingerprint density at radius 2 is 1.45 bits per heavy atom. The molecular weight excluding hydrogens is 256 g/mol. The van der Waals surface area contributed by atoms with Crippen molar-refractivity contribution < 1.29 is 19.4 Å². The van der Waals surface area contributed by atoms with E-state index >= 15 is 0 Å². The normalized spacial score (nSPS) is 10.7. The lowest BCUT2D eigenvalue weighted by molar-refractivity contribution is -0.145. The van der Waals surface area contributed by atoms with Crippen LogP contribution in [0.1, 0.15) is 71.1 Å². The Hall–Kier alpha value is -0.610. The Labute approximate surface area is 123 Å². The molecule has 0 bridgehead atoms. The monoisotopic (exact) mass is 288 g/mol. The SMILES string of the molecule is CCCCCCCCCCCC(=O)OCCOCCO. The van der Waals surface area contributed by atoms with Gasteiger partial charge in [0.15, 0.2) is 0 Å². The van der Waals surface area contributed by atoms with Crippen LogP contribution in [-0.2, 0) is 14.3 Å². The molecule has 0 fully saturated rings. The quantitative estimate of drug-likeness (QED) is 0.370. The number of rotatable bonds is 15.